The lowest BCUT2D eigenvalue weighted by Gasteiger charge is -2.07. The van der Waals surface area contributed by atoms with E-state index in [0.29, 0.717) is 24.1 Å². The summed E-state index contributed by atoms with van der Waals surface area (Å²) in [5.41, 5.74) is 1.05. The molecule has 1 aromatic carbocycles. The van der Waals surface area contributed by atoms with Gasteiger partial charge in [-0.2, -0.15) is 5.26 Å². The van der Waals surface area contributed by atoms with Crippen LogP contribution in [0.4, 0.5) is 0 Å². The summed E-state index contributed by atoms with van der Waals surface area (Å²) in [7, 11) is -1.56. The zero-order valence-corrected chi connectivity index (χ0v) is 12.5. The van der Waals surface area contributed by atoms with Crippen LogP contribution in [0.15, 0.2) is 36.7 Å². The second-order valence-electron chi connectivity index (χ2n) is 4.67. The molecule has 0 spiro atoms. The summed E-state index contributed by atoms with van der Waals surface area (Å²) in [5, 5.41) is 8.81. The third-order valence-corrected chi connectivity index (χ3v) is 4.36. The topological polar surface area (TPSA) is 87.8 Å². The number of sulfonamides is 1. The van der Waals surface area contributed by atoms with Crippen LogP contribution >= 0.6 is 0 Å². The van der Waals surface area contributed by atoms with Gasteiger partial charge in [-0.15, -0.1) is 0 Å². The van der Waals surface area contributed by atoms with Crippen molar-refractivity contribution in [2.75, 3.05) is 6.54 Å². The molecule has 1 N–H and O–H groups in total. The first-order valence-corrected chi connectivity index (χ1v) is 8.08. The van der Waals surface area contributed by atoms with Crippen molar-refractivity contribution in [1.29, 1.82) is 5.26 Å². The Labute approximate surface area is 124 Å². The van der Waals surface area contributed by atoms with Gasteiger partial charge in [0.2, 0.25) is 10.0 Å². The molecule has 0 aliphatic carbocycles. The van der Waals surface area contributed by atoms with E-state index in [2.05, 4.69) is 9.71 Å². The maximum atomic E-state index is 12.0. The highest BCUT2D eigenvalue weighted by Gasteiger charge is 2.12. The molecule has 21 heavy (non-hydrogen) atoms. The summed E-state index contributed by atoms with van der Waals surface area (Å²) < 4.78 is 28.4. The van der Waals surface area contributed by atoms with E-state index in [9.17, 15) is 8.42 Å². The first-order chi connectivity index (χ1) is 10.00. The molecular weight excluding hydrogens is 288 g/mol. The molecule has 0 saturated carbocycles. The average Bonchev–Trinajstić information content (AvgIpc) is 2.84. The molecule has 1 aromatic heterocycles. The van der Waals surface area contributed by atoms with Gasteiger partial charge in [-0.05, 0) is 17.7 Å². The third kappa shape index (κ3) is 4.41. The van der Waals surface area contributed by atoms with Gasteiger partial charge in [0.15, 0.2) is 0 Å². The molecule has 0 amide bonds. The summed E-state index contributed by atoms with van der Waals surface area (Å²) in [6.07, 6.45) is 4.02. The maximum Gasteiger partial charge on any atom is 0.215 e. The highest BCUT2D eigenvalue weighted by Crippen LogP contribution is 2.08. The summed E-state index contributed by atoms with van der Waals surface area (Å²) in [4.78, 5) is 4.13. The number of nitriles is 1. The summed E-state index contributed by atoms with van der Waals surface area (Å²) in [5.74, 6) is 0.687. The number of aromatic nitrogens is 2. The van der Waals surface area contributed by atoms with Crippen LogP contribution in [-0.2, 0) is 29.2 Å². The molecule has 110 valence electrons. The van der Waals surface area contributed by atoms with E-state index in [4.69, 9.17) is 5.26 Å². The lowest BCUT2D eigenvalue weighted by molar-refractivity contribution is 0.579. The number of nitrogens with zero attached hydrogens (tertiary/aromatic N) is 3. The van der Waals surface area contributed by atoms with E-state index in [1.807, 2.05) is 23.9 Å². The number of hydrogen-bond donors (Lipinski definition) is 1. The van der Waals surface area contributed by atoms with E-state index < -0.39 is 10.0 Å². The van der Waals surface area contributed by atoms with Crippen molar-refractivity contribution in [3.63, 3.8) is 0 Å². The Bertz CT molecular complexity index is 759. The van der Waals surface area contributed by atoms with Gasteiger partial charge in [-0.25, -0.2) is 18.1 Å². The van der Waals surface area contributed by atoms with Crippen molar-refractivity contribution in [3.8, 4) is 6.07 Å². The van der Waals surface area contributed by atoms with Crippen LogP contribution in [0.3, 0.4) is 0 Å². The van der Waals surface area contributed by atoms with Gasteiger partial charge < -0.3 is 4.57 Å². The predicted octanol–water partition coefficient (Wildman–Crippen LogP) is 0.954. The minimum atomic E-state index is -3.42. The molecule has 0 aliphatic rings. The zero-order valence-electron chi connectivity index (χ0n) is 11.7. The number of aryl methyl sites for hydroxylation is 1. The second-order valence-corrected chi connectivity index (χ2v) is 6.48. The number of hydrogen-bond acceptors (Lipinski definition) is 4. The van der Waals surface area contributed by atoms with E-state index in [1.54, 1.807) is 30.5 Å². The summed E-state index contributed by atoms with van der Waals surface area (Å²) >= 11 is 0. The van der Waals surface area contributed by atoms with Crippen LogP contribution in [-0.4, -0.2) is 24.5 Å². The lowest BCUT2D eigenvalue weighted by Crippen LogP contribution is -2.27. The Morgan fingerprint density at radius 3 is 2.90 bits per heavy atom. The standard InChI is InChI=1S/C14H16N4O2S/c1-18-8-7-16-14(18)5-6-17-21(19,20)11-13-4-2-3-12(9-13)10-15/h2-4,7-9,17H,5-6,11H2,1H3. The predicted molar refractivity (Wildman–Crippen MR) is 78.7 cm³/mol. The van der Waals surface area contributed by atoms with E-state index in [0.717, 1.165) is 5.82 Å². The zero-order chi connectivity index (χ0) is 15.3. The van der Waals surface area contributed by atoms with E-state index in [-0.39, 0.29) is 5.75 Å². The van der Waals surface area contributed by atoms with Gasteiger partial charge >= 0.3 is 0 Å². The Kier molecular flexibility index (Phi) is 4.73. The normalized spacial score (nSPS) is 11.2. The molecule has 0 radical (unpaired) electrons. The van der Waals surface area contributed by atoms with Crippen molar-refractivity contribution in [1.82, 2.24) is 14.3 Å². The first kappa shape index (κ1) is 15.2. The Morgan fingerprint density at radius 1 is 1.43 bits per heavy atom. The fourth-order valence-corrected chi connectivity index (χ4v) is 3.09. The van der Waals surface area contributed by atoms with Gasteiger partial charge in [0, 0.05) is 32.4 Å². The molecule has 1 heterocycles. The Balaban J connectivity index is 1.93. The molecule has 0 fully saturated rings. The van der Waals surface area contributed by atoms with Crippen LogP contribution in [0.25, 0.3) is 0 Å². The molecule has 2 aromatic rings. The number of nitrogens with one attached hydrogen (secondary N) is 1. The smallest absolute Gasteiger partial charge is 0.215 e. The van der Waals surface area contributed by atoms with Gasteiger partial charge in [-0.3, -0.25) is 0 Å². The second kappa shape index (κ2) is 6.52. The van der Waals surface area contributed by atoms with Crippen molar-refractivity contribution in [2.45, 2.75) is 12.2 Å². The van der Waals surface area contributed by atoms with Crippen LogP contribution in [0.1, 0.15) is 17.0 Å². The average molecular weight is 304 g/mol. The minimum Gasteiger partial charge on any atom is -0.338 e. The van der Waals surface area contributed by atoms with Crippen LogP contribution in [0.5, 0.6) is 0 Å². The quantitative estimate of drug-likeness (QED) is 0.861. The molecule has 0 aliphatic heterocycles. The van der Waals surface area contributed by atoms with E-state index in [1.165, 1.54) is 0 Å². The molecule has 0 bridgehead atoms. The fraction of sp³-hybridized carbons (Fsp3) is 0.286. The monoisotopic (exact) mass is 304 g/mol. The Hall–Kier alpha value is -2.17. The number of rotatable bonds is 6. The molecule has 7 heteroatoms. The van der Waals surface area contributed by atoms with Gasteiger partial charge in [0.1, 0.15) is 5.82 Å². The largest absolute Gasteiger partial charge is 0.338 e. The van der Waals surface area contributed by atoms with Crippen LogP contribution in [0, 0.1) is 11.3 Å². The van der Waals surface area contributed by atoms with Crippen molar-refractivity contribution in [3.05, 3.63) is 53.6 Å². The molecule has 2 rings (SSSR count). The lowest BCUT2D eigenvalue weighted by atomic mass is 10.2. The van der Waals surface area contributed by atoms with Gasteiger partial charge in [0.05, 0.1) is 17.4 Å². The van der Waals surface area contributed by atoms with Gasteiger partial charge in [0.25, 0.3) is 0 Å². The van der Waals surface area contributed by atoms with Crippen LogP contribution < -0.4 is 4.72 Å². The molecule has 0 atom stereocenters. The molecule has 0 saturated heterocycles. The number of benzene rings is 1. The Morgan fingerprint density at radius 2 is 2.24 bits per heavy atom. The first-order valence-electron chi connectivity index (χ1n) is 6.43. The third-order valence-electron chi connectivity index (χ3n) is 3.00. The van der Waals surface area contributed by atoms with Crippen molar-refractivity contribution in [2.24, 2.45) is 7.05 Å². The SMILES string of the molecule is Cn1ccnc1CCNS(=O)(=O)Cc1cccc(C#N)c1. The highest BCUT2D eigenvalue weighted by molar-refractivity contribution is 7.88. The van der Waals surface area contributed by atoms with Crippen LogP contribution in [0.2, 0.25) is 0 Å². The molecule has 6 nitrogen and oxygen atoms in total. The van der Waals surface area contributed by atoms with Crippen molar-refractivity contribution >= 4 is 10.0 Å². The highest BCUT2D eigenvalue weighted by atomic mass is 32.2. The van der Waals surface area contributed by atoms with Crippen molar-refractivity contribution < 1.29 is 8.42 Å². The number of imidazole rings is 1. The minimum absolute atomic E-state index is 0.136. The summed E-state index contributed by atoms with van der Waals surface area (Å²) in [6.45, 7) is 0.297. The summed E-state index contributed by atoms with van der Waals surface area (Å²) in [6, 6.07) is 8.59. The van der Waals surface area contributed by atoms with Gasteiger partial charge in [-0.1, -0.05) is 12.1 Å². The fourth-order valence-electron chi connectivity index (χ4n) is 1.96. The molecular formula is C14H16N4O2S. The van der Waals surface area contributed by atoms with E-state index >= 15 is 0 Å². The molecule has 0 unspecified atom stereocenters. The maximum absolute atomic E-state index is 12.0.